The van der Waals surface area contributed by atoms with Gasteiger partial charge >= 0.3 is 0 Å². The maximum absolute atomic E-state index is 5.58. The van der Waals surface area contributed by atoms with Gasteiger partial charge in [0.1, 0.15) is 0 Å². The molecule has 0 aromatic heterocycles. The molecule has 6 heteroatoms. The van der Waals surface area contributed by atoms with E-state index in [0.29, 0.717) is 18.9 Å². The molecule has 0 aliphatic carbocycles. The first-order chi connectivity index (χ1) is 10.1. The summed E-state index contributed by atoms with van der Waals surface area (Å²) >= 11 is 3.52. The molecular weight excluding hydrogens is 338 g/mol. The fourth-order valence-corrected chi connectivity index (χ4v) is 2.64. The number of halogens is 1. The summed E-state index contributed by atoms with van der Waals surface area (Å²) in [5, 5.41) is 3.36. The van der Waals surface area contributed by atoms with E-state index in [-0.39, 0.29) is 12.3 Å². The van der Waals surface area contributed by atoms with Crippen LogP contribution in [0.3, 0.4) is 0 Å². The van der Waals surface area contributed by atoms with Crippen LogP contribution in [-0.2, 0) is 16.0 Å². The molecule has 1 aromatic rings. The number of methoxy groups -OCH3 is 3. The lowest BCUT2D eigenvalue weighted by molar-refractivity contribution is -0.119. The van der Waals surface area contributed by atoms with Crippen molar-refractivity contribution in [1.82, 2.24) is 5.32 Å². The molecule has 0 amide bonds. The lowest BCUT2D eigenvalue weighted by Gasteiger charge is -2.22. The van der Waals surface area contributed by atoms with Crippen LogP contribution in [0.1, 0.15) is 19.4 Å². The van der Waals surface area contributed by atoms with Crippen molar-refractivity contribution in [2.45, 2.75) is 32.7 Å². The molecule has 120 valence electrons. The van der Waals surface area contributed by atoms with E-state index in [4.69, 9.17) is 18.9 Å². The number of nitrogens with one attached hydrogen (secondary N) is 1. The second kappa shape index (κ2) is 9.25. The first kappa shape index (κ1) is 18.2. The van der Waals surface area contributed by atoms with E-state index >= 15 is 0 Å². The summed E-state index contributed by atoms with van der Waals surface area (Å²) in [4.78, 5) is 0. The Balaban J connectivity index is 2.78. The van der Waals surface area contributed by atoms with Gasteiger partial charge in [0, 0.05) is 20.8 Å². The van der Waals surface area contributed by atoms with Crippen LogP contribution < -0.4 is 14.8 Å². The molecule has 0 radical (unpaired) electrons. The SMILES string of the molecule is CCOc1c(Br)cc(CNC(C)C(OC)OC)cc1OC. The van der Waals surface area contributed by atoms with E-state index in [1.807, 2.05) is 26.0 Å². The van der Waals surface area contributed by atoms with Crippen LogP contribution >= 0.6 is 15.9 Å². The molecule has 1 unspecified atom stereocenters. The van der Waals surface area contributed by atoms with Crippen molar-refractivity contribution in [3.05, 3.63) is 22.2 Å². The van der Waals surface area contributed by atoms with Gasteiger partial charge in [-0.3, -0.25) is 0 Å². The summed E-state index contributed by atoms with van der Waals surface area (Å²) in [6, 6.07) is 4.04. The highest BCUT2D eigenvalue weighted by Crippen LogP contribution is 2.36. The lowest BCUT2D eigenvalue weighted by Crippen LogP contribution is -2.39. The molecule has 1 rings (SSSR count). The van der Waals surface area contributed by atoms with Crippen molar-refractivity contribution in [2.75, 3.05) is 27.9 Å². The van der Waals surface area contributed by atoms with Crippen LogP contribution in [0.2, 0.25) is 0 Å². The first-order valence-electron chi connectivity index (χ1n) is 6.85. The molecule has 0 aliphatic rings. The fraction of sp³-hybridized carbons (Fsp3) is 0.600. The molecule has 1 aromatic carbocycles. The van der Waals surface area contributed by atoms with Gasteiger partial charge in [0.25, 0.3) is 0 Å². The molecule has 1 atom stereocenters. The van der Waals surface area contributed by atoms with Gasteiger partial charge < -0.3 is 24.3 Å². The molecule has 0 saturated carbocycles. The fourth-order valence-electron chi connectivity index (χ4n) is 2.04. The minimum Gasteiger partial charge on any atom is -0.493 e. The Kier molecular flexibility index (Phi) is 8.03. The Morgan fingerprint density at radius 1 is 1.19 bits per heavy atom. The van der Waals surface area contributed by atoms with Crippen molar-refractivity contribution in [2.24, 2.45) is 0 Å². The van der Waals surface area contributed by atoms with Gasteiger partial charge in [-0.2, -0.15) is 0 Å². The second-order valence-electron chi connectivity index (χ2n) is 4.55. The largest absolute Gasteiger partial charge is 0.493 e. The van der Waals surface area contributed by atoms with Crippen LogP contribution in [0.15, 0.2) is 16.6 Å². The van der Waals surface area contributed by atoms with Gasteiger partial charge in [0.15, 0.2) is 17.8 Å². The van der Waals surface area contributed by atoms with E-state index < -0.39 is 0 Å². The number of ether oxygens (including phenoxy) is 4. The minimum absolute atomic E-state index is 0.0661. The smallest absolute Gasteiger partial charge is 0.175 e. The Hall–Kier alpha value is -0.820. The predicted octanol–water partition coefficient (Wildman–Crippen LogP) is 2.95. The third kappa shape index (κ3) is 5.14. The molecule has 21 heavy (non-hydrogen) atoms. The number of hydrogen-bond donors (Lipinski definition) is 1. The third-order valence-electron chi connectivity index (χ3n) is 3.08. The van der Waals surface area contributed by atoms with Crippen LogP contribution in [0.25, 0.3) is 0 Å². The monoisotopic (exact) mass is 361 g/mol. The number of hydrogen-bond acceptors (Lipinski definition) is 5. The molecular formula is C15H24BrNO4. The van der Waals surface area contributed by atoms with E-state index in [0.717, 1.165) is 15.8 Å². The van der Waals surface area contributed by atoms with Gasteiger partial charge in [-0.1, -0.05) is 0 Å². The summed E-state index contributed by atoms with van der Waals surface area (Å²) in [5.41, 5.74) is 1.08. The average Bonchev–Trinajstić information content (AvgIpc) is 2.48. The Bertz CT molecular complexity index is 438. The van der Waals surface area contributed by atoms with E-state index in [9.17, 15) is 0 Å². The predicted molar refractivity (Wildman–Crippen MR) is 86.0 cm³/mol. The lowest BCUT2D eigenvalue weighted by atomic mass is 10.2. The normalized spacial score (nSPS) is 12.5. The topological polar surface area (TPSA) is 49.0 Å². The zero-order valence-electron chi connectivity index (χ0n) is 13.2. The van der Waals surface area contributed by atoms with E-state index in [2.05, 4.69) is 21.2 Å². The molecule has 0 fully saturated rings. The van der Waals surface area contributed by atoms with Gasteiger partial charge in [-0.05, 0) is 47.5 Å². The Morgan fingerprint density at radius 2 is 1.86 bits per heavy atom. The number of benzene rings is 1. The summed E-state index contributed by atoms with van der Waals surface area (Å²) < 4.78 is 22.3. The van der Waals surface area contributed by atoms with Crippen molar-refractivity contribution in [3.63, 3.8) is 0 Å². The van der Waals surface area contributed by atoms with Crippen LogP contribution in [0.5, 0.6) is 11.5 Å². The molecule has 0 bridgehead atoms. The standard InChI is InChI=1S/C15H24BrNO4/c1-6-21-14-12(16)7-11(8-13(14)18-3)9-17-10(2)15(19-4)20-5/h7-8,10,15,17H,6,9H2,1-5H3. The first-order valence-corrected chi connectivity index (χ1v) is 7.64. The number of rotatable bonds is 9. The maximum Gasteiger partial charge on any atom is 0.175 e. The molecule has 0 heterocycles. The summed E-state index contributed by atoms with van der Waals surface area (Å²) in [5.74, 6) is 1.44. The minimum atomic E-state index is -0.280. The second-order valence-corrected chi connectivity index (χ2v) is 5.41. The molecule has 1 N–H and O–H groups in total. The molecule has 0 aliphatic heterocycles. The summed E-state index contributed by atoms with van der Waals surface area (Å²) in [6.45, 7) is 5.22. The Labute approximate surface area is 135 Å². The van der Waals surface area contributed by atoms with Crippen LogP contribution in [0.4, 0.5) is 0 Å². The van der Waals surface area contributed by atoms with Gasteiger partial charge in [-0.15, -0.1) is 0 Å². The van der Waals surface area contributed by atoms with Crippen molar-refractivity contribution in [3.8, 4) is 11.5 Å². The summed E-state index contributed by atoms with van der Waals surface area (Å²) in [6.07, 6.45) is -0.280. The van der Waals surface area contributed by atoms with Gasteiger partial charge in [-0.25, -0.2) is 0 Å². The maximum atomic E-state index is 5.58. The van der Waals surface area contributed by atoms with Crippen molar-refractivity contribution < 1.29 is 18.9 Å². The average molecular weight is 362 g/mol. The van der Waals surface area contributed by atoms with Gasteiger partial charge in [0.05, 0.1) is 24.2 Å². The van der Waals surface area contributed by atoms with E-state index in [1.165, 1.54) is 0 Å². The Morgan fingerprint density at radius 3 is 2.38 bits per heavy atom. The van der Waals surface area contributed by atoms with Crippen LogP contribution in [0, 0.1) is 0 Å². The van der Waals surface area contributed by atoms with Crippen molar-refractivity contribution >= 4 is 15.9 Å². The van der Waals surface area contributed by atoms with Gasteiger partial charge in [0.2, 0.25) is 0 Å². The molecule has 5 nitrogen and oxygen atoms in total. The molecule has 0 spiro atoms. The van der Waals surface area contributed by atoms with Crippen LogP contribution in [-0.4, -0.2) is 40.3 Å². The highest BCUT2D eigenvalue weighted by molar-refractivity contribution is 9.10. The zero-order valence-corrected chi connectivity index (χ0v) is 14.8. The quantitative estimate of drug-likeness (QED) is 0.685. The molecule has 0 saturated heterocycles. The van der Waals surface area contributed by atoms with Crippen molar-refractivity contribution in [1.29, 1.82) is 0 Å². The highest BCUT2D eigenvalue weighted by atomic mass is 79.9. The zero-order chi connectivity index (χ0) is 15.8. The third-order valence-corrected chi connectivity index (χ3v) is 3.67. The summed E-state index contributed by atoms with van der Waals surface area (Å²) in [7, 11) is 4.89. The van der Waals surface area contributed by atoms with E-state index in [1.54, 1.807) is 21.3 Å². The highest BCUT2D eigenvalue weighted by Gasteiger charge is 2.16.